The second kappa shape index (κ2) is 11.8. The smallest absolute Gasteiger partial charge is 0.272 e. The zero-order valence-electron chi connectivity index (χ0n) is 21.8. The van der Waals surface area contributed by atoms with E-state index in [-0.39, 0.29) is 12.0 Å². The molecule has 2 aliphatic heterocycles. The summed E-state index contributed by atoms with van der Waals surface area (Å²) in [6.45, 7) is 5.54. The predicted octanol–water partition coefficient (Wildman–Crippen LogP) is 4.75. The first-order valence-corrected chi connectivity index (χ1v) is 14.1. The summed E-state index contributed by atoms with van der Waals surface area (Å²) in [6.07, 6.45) is 12.4. The van der Waals surface area contributed by atoms with E-state index in [1.54, 1.807) is 6.33 Å². The van der Waals surface area contributed by atoms with Crippen LogP contribution in [0.15, 0.2) is 36.7 Å². The summed E-state index contributed by atoms with van der Waals surface area (Å²) in [6, 6.07) is 11.5. The maximum Gasteiger partial charge on any atom is 0.272 e. The number of likely N-dealkylation sites (tertiary alicyclic amines) is 2. The van der Waals surface area contributed by atoms with Gasteiger partial charge in [0.1, 0.15) is 12.0 Å². The van der Waals surface area contributed by atoms with Crippen molar-refractivity contribution >= 4 is 5.91 Å². The monoisotopic (exact) mass is 490 g/mol. The molecule has 2 atom stereocenters. The number of hydrogen-bond acceptors (Lipinski definition) is 5. The van der Waals surface area contributed by atoms with Gasteiger partial charge in [-0.15, -0.1) is 0 Å². The lowest BCUT2D eigenvalue weighted by atomic mass is 9.76. The van der Waals surface area contributed by atoms with Crippen LogP contribution in [0, 0.1) is 12.8 Å². The summed E-state index contributed by atoms with van der Waals surface area (Å²) in [5, 5.41) is 9.79. The third kappa shape index (κ3) is 5.97. The van der Waals surface area contributed by atoms with E-state index < -0.39 is 0 Å². The largest absolute Gasteiger partial charge is 0.393 e. The summed E-state index contributed by atoms with van der Waals surface area (Å²) >= 11 is 0. The van der Waals surface area contributed by atoms with Crippen molar-refractivity contribution in [2.24, 2.45) is 5.92 Å². The van der Waals surface area contributed by atoms with Crippen LogP contribution in [0.5, 0.6) is 0 Å². The lowest BCUT2D eigenvalue weighted by molar-refractivity contribution is 0.0355. The lowest BCUT2D eigenvalue weighted by Crippen LogP contribution is -2.49. The van der Waals surface area contributed by atoms with Crippen molar-refractivity contribution < 1.29 is 9.90 Å². The van der Waals surface area contributed by atoms with Crippen molar-refractivity contribution in [1.82, 2.24) is 19.8 Å². The van der Waals surface area contributed by atoms with Crippen LogP contribution in [0.25, 0.3) is 0 Å². The normalized spacial score (nSPS) is 24.7. The van der Waals surface area contributed by atoms with Crippen LogP contribution in [0.3, 0.4) is 0 Å². The van der Waals surface area contributed by atoms with Crippen molar-refractivity contribution in [3.05, 3.63) is 59.2 Å². The van der Waals surface area contributed by atoms with Gasteiger partial charge in [0.25, 0.3) is 5.91 Å². The Morgan fingerprint density at radius 3 is 2.47 bits per heavy atom. The van der Waals surface area contributed by atoms with Gasteiger partial charge in [-0.05, 0) is 75.7 Å². The number of carbonyl (C=O) groups is 1. The molecule has 6 nitrogen and oxygen atoms in total. The number of piperidine rings is 2. The molecule has 0 spiro atoms. The zero-order valence-corrected chi connectivity index (χ0v) is 21.8. The SMILES string of the molecule is Cc1c(CCC2CCCC(c3ccccc3)C2)ncnc1C(=O)N1CCC(N2CCC(O)CC2)CC1. The first-order chi connectivity index (χ1) is 17.6. The van der Waals surface area contributed by atoms with E-state index >= 15 is 0 Å². The topological polar surface area (TPSA) is 69.6 Å². The molecule has 3 heterocycles. The average Bonchev–Trinajstić information content (AvgIpc) is 2.93. The molecule has 1 saturated carbocycles. The van der Waals surface area contributed by atoms with Gasteiger partial charge in [-0.25, -0.2) is 9.97 Å². The minimum absolute atomic E-state index is 0.0606. The summed E-state index contributed by atoms with van der Waals surface area (Å²) in [5.74, 6) is 1.45. The summed E-state index contributed by atoms with van der Waals surface area (Å²) in [4.78, 5) is 26.9. The number of nitrogens with zero attached hydrogens (tertiary/aromatic N) is 4. The van der Waals surface area contributed by atoms with Crippen molar-refractivity contribution in [1.29, 1.82) is 0 Å². The van der Waals surface area contributed by atoms with Crippen LogP contribution in [0.1, 0.15) is 91.0 Å². The van der Waals surface area contributed by atoms with Crippen molar-refractivity contribution in [3.63, 3.8) is 0 Å². The molecule has 1 N–H and O–H groups in total. The number of aryl methyl sites for hydroxylation is 1. The fourth-order valence-electron chi connectivity index (χ4n) is 6.71. The van der Waals surface area contributed by atoms with Gasteiger partial charge in [-0.1, -0.05) is 43.2 Å². The minimum Gasteiger partial charge on any atom is -0.393 e. The van der Waals surface area contributed by atoms with E-state index in [1.165, 1.54) is 31.2 Å². The number of amides is 1. The highest BCUT2D eigenvalue weighted by atomic mass is 16.3. The Labute approximate surface area is 216 Å². The first kappa shape index (κ1) is 25.3. The molecule has 1 aromatic heterocycles. The Kier molecular flexibility index (Phi) is 8.32. The third-order valence-corrected chi connectivity index (χ3v) is 9.00. The quantitative estimate of drug-likeness (QED) is 0.633. The highest BCUT2D eigenvalue weighted by Gasteiger charge is 2.31. The maximum atomic E-state index is 13.4. The number of aliphatic hydroxyl groups is 1. The number of benzene rings is 1. The minimum atomic E-state index is -0.138. The number of aliphatic hydroxyl groups excluding tert-OH is 1. The van der Waals surface area contributed by atoms with Crippen LogP contribution in [-0.4, -0.2) is 69.1 Å². The molecule has 1 amide bonds. The molecule has 194 valence electrons. The first-order valence-electron chi connectivity index (χ1n) is 14.1. The molecule has 1 aromatic carbocycles. The van der Waals surface area contributed by atoms with E-state index in [0.717, 1.165) is 76.0 Å². The molecule has 2 saturated heterocycles. The van der Waals surface area contributed by atoms with E-state index in [0.29, 0.717) is 23.6 Å². The van der Waals surface area contributed by atoms with E-state index in [4.69, 9.17) is 0 Å². The van der Waals surface area contributed by atoms with Crippen LogP contribution in [0.2, 0.25) is 0 Å². The van der Waals surface area contributed by atoms with Crippen LogP contribution < -0.4 is 0 Å². The Bertz CT molecular complexity index is 997. The van der Waals surface area contributed by atoms with Gasteiger partial charge in [0.2, 0.25) is 0 Å². The average molecular weight is 491 g/mol. The number of hydrogen-bond donors (Lipinski definition) is 1. The van der Waals surface area contributed by atoms with Crippen molar-refractivity contribution in [3.8, 4) is 0 Å². The molecule has 2 unspecified atom stereocenters. The van der Waals surface area contributed by atoms with Crippen LogP contribution in [0.4, 0.5) is 0 Å². The van der Waals surface area contributed by atoms with Gasteiger partial charge in [-0.2, -0.15) is 0 Å². The summed E-state index contributed by atoms with van der Waals surface area (Å²) in [5.41, 5.74) is 4.07. The van der Waals surface area contributed by atoms with Crippen LogP contribution in [-0.2, 0) is 6.42 Å². The molecule has 1 aliphatic carbocycles. The molecule has 2 aromatic rings. The second-order valence-corrected chi connectivity index (χ2v) is 11.3. The lowest BCUT2D eigenvalue weighted by Gasteiger charge is -2.41. The fourth-order valence-corrected chi connectivity index (χ4v) is 6.71. The number of carbonyl (C=O) groups excluding carboxylic acids is 1. The summed E-state index contributed by atoms with van der Waals surface area (Å²) < 4.78 is 0. The van der Waals surface area contributed by atoms with Gasteiger partial charge < -0.3 is 14.9 Å². The molecule has 6 heteroatoms. The molecule has 0 radical (unpaired) electrons. The predicted molar refractivity (Wildman–Crippen MR) is 142 cm³/mol. The standard InChI is InChI=1S/C30H42N4O2/c1-22-28(11-10-23-6-5-9-25(20-23)24-7-3-2-4-8-24)31-21-32-29(22)30(36)34-16-12-26(13-17-34)33-18-14-27(35)15-19-33/h2-4,7-8,21,23,25-27,35H,5-6,9-20H2,1H3. The molecule has 36 heavy (non-hydrogen) atoms. The Morgan fingerprint density at radius 2 is 1.72 bits per heavy atom. The Hall–Kier alpha value is -2.31. The van der Waals surface area contributed by atoms with Crippen molar-refractivity contribution in [2.75, 3.05) is 26.2 Å². The van der Waals surface area contributed by atoms with E-state index in [9.17, 15) is 9.90 Å². The van der Waals surface area contributed by atoms with E-state index in [2.05, 4.69) is 45.2 Å². The zero-order chi connectivity index (χ0) is 24.9. The van der Waals surface area contributed by atoms with Gasteiger partial charge >= 0.3 is 0 Å². The van der Waals surface area contributed by atoms with Crippen molar-refractivity contribution in [2.45, 2.75) is 89.2 Å². The maximum absolute atomic E-state index is 13.4. The highest BCUT2D eigenvalue weighted by molar-refractivity contribution is 5.93. The number of aromatic nitrogens is 2. The van der Waals surface area contributed by atoms with E-state index in [1.807, 2.05) is 11.8 Å². The van der Waals surface area contributed by atoms with Gasteiger partial charge in [-0.3, -0.25) is 4.79 Å². The molecular weight excluding hydrogens is 448 g/mol. The van der Waals surface area contributed by atoms with Gasteiger partial charge in [0, 0.05) is 43.5 Å². The van der Waals surface area contributed by atoms with Crippen LogP contribution >= 0.6 is 0 Å². The molecule has 3 aliphatic rings. The second-order valence-electron chi connectivity index (χ2n) is 11.3. The fraction of sp³-hybridized carbons (Fsp3) is 0.633. The summed E-state index contributed by atoms with van der Waals surface area (Å²) in [7, 11) is 0. The molecular formula is C30H42N4O2. The Morgan fingerprint density at radius 1 is 0.972 bits per heavy atom. The molecule has 5 rings (SSSR count). The molecule has 0 bridgehead atoms. The Balaban J connectivity index is 1.15. The number of rotatable bonds is 6. The van der Waals surface area contributed by atoms with Gasteiger partial charge in [0.05, 0.1) is 6.10 Å². The molecule has 3 fully saturated rings. The third-order valence-electron chi connectivity index (χ3n) is 9.00. The highest BCUT2D eigenvalue weighted by Crippen LogP contribution is 2.38. The van der Waals surface area contributed by atoms with Gasteiger partial charge in [0.15, 0.2) is 0 Å².